The normalized spacial score (nSPS) is 12.1. The van der Waals surface area contributed by atoms with Gasteiger partial charge in [-0.25, -0.2) is 0 Å². The first-order valence-electron chi connectivity index (χ1n) is 22.3. The average molecular weight is 807 g/mol. The molecule has 0 aliphatic heterocycles. The Morgan fingerprint density at radius 1 is 0.172 bits per heavy atom. The molecule has 294 valence electrons. The summed E-state index contributed by atoms with van der Waals surface area (Å²) >= 11 is 0. The van der Waals surface area contributed by atoms with Crippen molar-refractivity contribution in [3.05, 3.63) is 231 Å². The molecule has 0 heteroatoms. The van der Waals surface area contributed by atoms with Crippen LogP contribution in [0.1, 0.15) is 0 Å². The van der Waals surface area contributed by atoms with Gasteiger partial charge < -0.3 is 0 Å². The second-order valence-corrected chi connectivity index (χ2v) is 17.4. The van der Waals surface area contributed by atoms with Gasteiger partial charge in [-0.15, -0.1) is 0 Å². The predicted octanol–water partition coefficient (Wildman–Crippen LogP) is 17.9. The third kappa shape index (κ3) is 4.94. The third-order valence-corrected chi connectivity index (χ3v) is 14.1. The van der Waals surface area contributed by atoms with Gasteiger partial charge in [0.15, 0.2) is 0 Å². The zero-order chi connectivity index (χ0) is 41.9. The molecule has 12 aromatic carbocycles. The Morgan fingerprint density at radius 3 is 0.906 bits per heavy atom. The molecule has 0 atom stereocenters. The molecule has 0 nitrogen and oxygen atoms in total. The standard InChI is InChI=1S/C64H38/c1-5-18-39(19-6-1)43-28-17-29-46(36-43)58-54-38-45-27-14-13-26-44(45)37-53(54)57(42-24-11-4-12-25-42)63-51-34-32-49-59-50(33-35-52(60(51)59)64(58)63)62-56(41-22-9-3-10-23-41)48-31-16-15-30-47(48)55(61(49)62)40-20-7-2-8-21-40/h1-38H. The van der Waals surface area contributed by atoms with Crippen LogP contribution in [-0.2, 0) is 0 Å². The predicted molar refractivity (Wildman–Crippen MR) is 273 cm³/mol. The van der Waals surface area contributed by atoms with E-state index >= 15 is 0 Å². The Hall–Kier alpha value is -8.32. The summed E-state index contributed by atoms with van der Waals surface area (Å²) in [5, 5.41) is 10.3. The van der Waals surface area contributed by atoms with E-state index in [1.165, 1.54) is 143 Å². The Bertz CT molecular complexity index is 3810. The van der Waals surface area contributed by atoms with Crippen LogP contribution >= 0.6 is 0 Å². The van der Waals surface area contributed by atoms with Crippen molar-refractivity contribution in [1.82, 2.24) is 0 Å². The summed E-state index contributed by atoms with van der Waals surface area (Å²) in [5.41, 5.74) is 23.1. The highest BCUT2D eigenvalue weighted by Gasteiger charge is 2.37. The smallest absolute Gasteiger partial charge is 0.000740 e. The molecule has 12 aromatic rings. The van der Waals surface area contributed by atoms with E-state index in [9.17, 15) is 0 Å². The highest BCUT2D eigenvalue weighted by molar-refractivity contribution is 6.35. The average Bonchev–Trinajstić information content (AvgIpc) is 3.87. The van der Waals surface area contributed by atoms with Crippen molar-refractivity contribution in [2.24, 2.45) is 0 Å². The Morgan fingerprint density at radius 2 is 0.484 bits per heavy atom. The minimum absolute atomic E-state index is 1.22. The van der Waals surface area contributed by atoms with Gasteiger partial charge in [0.05, 0.1) is 0 Å². The SMILES string of the molecule is c1ccc(-c2cccc(-c3c4c(c(-c5ccccc5)c5cc6ccccc6cc35)-c3ccc5c6c(ccc-4c36)-c3c-5c(-c4ccccc4)c4ccccc4c3-c3ccccc3)c2)cc1. The van der Waals surface area contributed by atoms with Crippen molar-refractivity contribution in [2.75, 3.05) is 0 Å². The minimum Gasteiger partial charge on any atom is -0.0622 e. The molecule has 0 fully saturated rings. The maximum Gasteiger partial charge on any atom is -0.000740 e. The zero-order valence-corrected chi connectivity index (χ0v) is 34.9. The first kappa shape index (κ1) is 35.3. The van der Waals surface area contributed by atoms with E-state index in [-0.39, 0.29) is 0 Å². The van der Waals surface area contributed by atoms with Gasteiger partial charge in [-0.3, -0.25) is 0 Å². The van der Waals surface area contributed by atoms with Crippen LogP contribution in [0.4, 0.5) is 0 Å². The van der Waals surface area contributed by atoms with E-state index in [1.807, 2.05) is 0 Å². The molecule has 0 radical (unpaired) electrons. The largest absolute Gasteiger partial charge is 0.0622 e. The lowest BCUT2D eigenvalue weighted by atomic mass is 9.81. The molecule has 64 heavy (non-hydrogen) atoms. The van der Waals surface area contributed by atoms with Crippen LogP contribution in [0.15, 0.2) is 231 Å². The van der Waals surface area contributed by atoms with Crippen molar-refractivity contribution in [1.29, 1.82) is 0 Å². The maximum atomic E-state index is 2.46. The summed E-state index contributed by atoms with van der Waals surface area (Å²) in [6, 6.07) is 86.0. The Kier molecular flexibility index (Phi) is 7.49. The number of rotatable bonds is 5. The molecule has 0 unspecified atom stereocenters. The molecule has 0 bridgehead atoms. The summed E-state index contributed by atoms with van der Waals surface area (Å²) in [7, 11) is 0. The van der Waals surface area contributed by atoms with Gasteiger partial charge in [0, 0.05) is 0 Å². The number of benzene rings is 12. The fraction of sp³-hybridized carbons (Fsp3) is 0. The van der Waals surface area contributed by atoms with Gasteiger partial charge in [-0.05, 0) is 161 Å². The monoisotopic (exact) mass is 806 g/mol. The Balaban J connectivity index is 1.16. The highest BCUT2D eigenvalue weighted by atomic mass is 14.4. The van der Waals surface area contributed by atoms with Gasteiger partial charge in [-0.2, -0.15) is 0 Å². The fourth-order valence-electron chi connectivity index (χ4n) is 11.5. The summed E-state index contributed by atoms with van der Waals surface area (Å²) in [5.74, 6) is 0. The van der Waals surface area contributed by atoms with Crippen molar-refractivity contribution >= 4 is 43.1 Å². The maximum absolute atomic E-state index is 2.46. The summed E-state index contributed by atoms with van der Waals surface area (Å²) in [6.07, 6.45) is 0. The molecule has 2 aliphatic rings. The van der Waals surface area contributed by atoms with E-state index in [0.29, 0.717) is 0 Å². The molecule has 2 aliphatic carbocycles. The zero-order valence-electron chi connectivity index (χ0n) is 34.9. The molecule has 0 heterocycles. The molecule has 0 saturated heterocycles. The first-order valence-corrected chi connectivity index (χ1v) is 22.3. The third-order valence-electron chi connectivity index (χ3n) is 14.1. The van der Waals surface area contributed by atoms with E-state index in [0.717, 1.165) is 0 Å². The molecule has 0 spiro atoms. The van der Waals surface area contributed by atoms with E-state index in [1.54, 1.807) is 0 Å². The number of hydrogen-bond acceptors (Lipinski definition) is 0. The minimum atomic E-state index is 1.22. The van der Waals surface area contributed by atoms with Crippen LogP contribution in [0.3, 0.4) is 0 Å². The fourth-order valence-corrected chi connectivity index (χ4v) is 11.5. The molecule has 0 aromatic heterocycles. The highest BCUT2D eigenvalue weighted by Crippen LogP contribution is 2.64. The van der Waals surface area contributed by atoms with E-state index in [2.05, 4.69) is 231 Å². The van der Waals surface area contributed by atoms with Crippen LogP contribution < -0.4 is 0 Å². The lowest BCUT2D eigenvalue weighted by Gasteiger charge is -2.22. The summed E-state index contributed by atoms with van der Waals surface area (Å²) in [6.45, 7) is 0. The molecular weight excluding hydrogens is 769 g/mol. The van der Waals surface area contributed by atoms with Crippen LogP contribution in [0.5, 0.6) is 0 Å². The van der Waals surface area contributed by atoms with Crippen molar-refractivity contribution in [2.45, 2.75) is 0 Å². The van der Waals surface area contributed by atoms with Crippen LogP contribution in [-0.4, -0.2) is 0 Å². The van der Waals surface area contributed by atoms with Crippen LogP contribution in [0, 0.1) is 0 Å². The molecular formula is C64H38. The number of fused-ring (bicyclic) bond motifs is 9. The van der Waals surface area contributed by atoms with Crippen LogP contribution in [0.25, 0.3) is 143 Å². The Labute approximate surface area is 372 Å². The summed E-state index contributed by atoms with van der Waals surface area (Å²) < 4.78 is 0. The van der Waals surface area contributed by atoms with Gasteiger partial charge in [-0.1, -0.05) is 212 Å². The topological polar surface area (TPSA) is 0 Å². The van der Waals surface area contributed by atoms with Gasteiger partial charge in [0.25, 0.3) is 0 Å². The number of hydrogen-bond donors (Lipinski definition) is 0. The molecule has 0 saturated carbocycles. The van der Waals surface area contributed by atoms with Crippen molar-refractivity contribution in [3.63, 3.8) is 0 Å². The molecule has 0 amide bonds. The van der Waals surface area contributed by atoms with Gasteiger partial charge in [0.2, 0.25) is 0 Å². The van der Waals surface area contributed by atoms with Crippen molar-refractivity contribution < 1.29 is 0 Å². The van der Waals surface area contributed by atoms with Gasteiger partial charge >= 0.3 is 0 Å². The summed E-state index contributed by atoms with van der Waals surface area (Å²) in [4.78, 5) is 0. The molecule has 14 rings (SSSR count). The van der Waals surface area contributed by atoms with Crippen LogP contribution in [0.2, 0.25) is 0 Å². The second kappa shape index (κ2) is 13.6. The van der Waals surface area contributed by atoms with Gasteiger partial charge in [0.1, 0.15) is 0 Å². The first-order chi connectivity index (χ1) is 31.8. The molecule has 0 N–H and O–H groups in total. The van der Waals surface area contributed by atoms with E-state index < -0.39 is 0 Å². The van der Waals surface area contributed by atoms with Crippen molar-refractivity contribution in [3.8, 4) is 100 Å². The second-order valence-electron chi connectivity index (χ2n) is 17.4. The van der Waals surface area contributed by atoms with E-state index in [4.69, 9.17) is 0 Å². The quantitative estimate of drug-likeness (QED) is 0.152. The lowest BCUT2D eigenvalue weighted by molar-refractivity contribution is 1.60. The lowest BCUT2D eigenvalue weighted by Crippen LogP contribution is -1.95.